The number of benzene rings is 1. The van der Waals surface area contributed by atoms with Crippen molar-refractivity contribution in [3.05, 3.63) is 35.1 Å². The van der Waals surface area contributed by atoms with Crippen LogP contribution in [0.25, 0.3) is 11.0 Å². The normalized spacial score (nSPS) is 21.7. The third kappa shape index (κ3) is 2.48. The molecule has 1 aromatic carbocycles. The van der Waals surface area contributed by atoms with Crippen molar-refractivity contribution >= 4 is 11.0 Å². The summed E-state index contributed by atoms with van der Waals surface area (Å²) in [6.45, 7) is 10.9. The molecule has 0 bridgehead atoms. The fourth-order valence-electron chi connectivity index (χ4n) is 3.01. The first kappa shape index (κ1) is 13.7. The Labute approximate surface area is 121 Å². The van der Waals surface area contributed by atoms with Crippen molar-refractivity contribution in [2.75, 3.05) is 26.7 Å². The van der Waals surface area contributed by atoms with Crippen molar-refractivity contribution in [1.29, 1.82) is 0 Å². The zero-order valence-electron chi connectivity index (χ0n) is 12.9. The molecule has 0 saturated carbocycles. The minimum atomic E-state index is 0.621. The third-order valence-corrected chi connectivity index (χ3v) is 4.60. The maximum atomic E-state index is 6.06. The second kappa shape index (κ2) is 5.23. The Morgan fingerprint density at radius 1 is 1.25 bits per heavy atom. The Bertz CT molecular complexity index is 617. The maximum absolute atomic E-state index is 6.06. The summed E-state index contributed by atoms with van der Waals surface area (Å²) in [5.74, 6) is 1.13. The Kier molecular flexibility index (Phi) is 3.57. The predicted molar refractivity (Wildman–Crippen MR) is 83.1 cm³/mol. The molecule has 0 unspecified atom stereocenters. The maximum Gasteiger partial charge on any atom is 0.134 e. The Hall–Kier alpha value is -1.32. The number of aryl methyl sites for hydroxylation is 2. The second-order valence-corrected chi connectivity index (χ2v) is 6.21. The van der Waals surface area contributed by atoms with Gasteiger partial charge in [0.1, 0.15) is 11.3 Å². The lowest BCUT2D eigenvalue weighted by molar-refractivity contribution is 0.0949. The van der Waals surface area contributed by atoms with Gasteiger partial charge in [-0.1, -0.05) is 11.6 Å². The molecule has 108 valence electrons. The first-order valence-electron chi connectivity index (χ1n) is 7.46. The van der Waals surface area contributed by atoms with E-state index < -0.39 is 0 Å². The van der Waals surface area contributed by atoms with Crippen molar-refractivity contribution in [3.63, 3.8) is 0 Å². The van der Waals surface area contributed by atoms with Crippen molar-refractivity contribution in [2.45, 2.75) is 33.4 Å². The number of hydrogen-bond acceptors (Lipinski definition) is 3. The zero-order chi connectivity index (χ0) is 14.3. The van der Waals surface area contributed by atoms with Crippen molar-refractivity contribution in [3.8, 4) is 0 Å². The van der Waals surface area contributed by atoms with E-state index in [0.29, 0.717) is 6.04 Å². The van der Waals surface area contributed by atoms with Crippen molar-refractivity contribution < 1.29 is 4.42 Å². The first-order chi connectivity index (χ1) is 9.54. The molecule has 1 aromatic heterocycles. The molecule has 2 aromatic rings. The average molecular weight is 272 g/mol. The summed E-state index contributed by atoms with van der Waals surface area (Å²) in [7, 11) is 2.21. The molecule has 3 heteroatoms. The molecule has 0 amide bonds. The lowest BCUT2D eigenvalue weighted by atomic mass is 10.1. The molecule has 1 fully saturated rings. The van der Waals surface area contributed by atoms with E-state index in [2.05, 4.69) is 55.8 Å². The van der Waals surface area contributed by atoms with E-state index in [1.165, 1.54) is 16.5 Å². The molecule has 0 spiro atoms. The van der Waals surface area contributed by atoms with Crippen LogP contribution in [0.2, 0.25) is 0 Å². The van der Waals surface area contributed by atoms with Gasteiger partial charge >= 0.3 is 0 Å². The van der Waals surface area contributed by atoms with Crippen LogP contribution in [0.3, 0.4) is 0 Å². The van der Waals surface area contributed by atoms with Crippen LogP contribution in [0.1, 0.15) is 23.8 Å². The highest BCUT2D eigenvalue weighted by Crippen LogP contribution is 2.27. The smallest absolute Gasteiger partial charge is 0.134 e. The lowest BCUT2D eigenvalue weighted by Gasteiger charge is -2.37. The number of fused-ring (bicyclic) bond motifs is 1. The lowest BCUT2D eigenvalue weighted by Crippen LogP contribution is -2.49. The van der Waals surface area contributed by atoms with Gasteiger partial charge in [-0.3, -0.25) is 4.90 Å². The fourth-order valence-corrected chi connectivity index (χ4v) is 3.01. The van der Waals surface area contributed by atoms with Crippen LogP contribution >= 0.6 is 0 Å². The quantitative estimate of drug-likeness (QED) is 0.837. The molecule has 1 saturated heterocycles. The minimum Gasteiger partial charge on any atom is -0.459 e. The standard InChI is InChI=1S/C17H24N2O/c1-12-5-6-16-15(9-12)14(3)17(20-16)11-19-8-7-18(4)13(2)10-19/h5-6,9,13H,7-8,10-11H2,1-4H3/t13-/m1/s1. The number of hydrogen-bond donors (Lipinski definition) is 0. The third-order valence-electron chi connectivity index (χ3n) is 4.60. The van der Waals surface area contributed by atoms with Gasteiger partial charge in [-0.2, -0.15) is 0 Å². The summed E-state index contributed by atoms with van der Waals surface area (Å²) in [6.07, 6.45) is 0. The molecular formula is C17H24N2O. The number of furan rings is 1. The molecule has 1 atom stereocenters. The molecule has 3 nitrogen and oxygen atoms in total. The van der Waals surface area contributed by atoms with Gasteiger partial charge in [0, 0.05) is 31.1 Å². The van der Waals surface area contributed by atoms with Gasteiger partial charge < -0.3 is 9.32 Å². The molecule has 0 aliphatic carbocycles. The highest BCUT2D eigenvalue weighted by Gasteiger charge is 2.22. The number of rotatable bonds is 2. The highest BCUT2D eigenvalue weighted by molar-refractivity contribution is 5.82. The molecule has 2 heterocycles. The average Bonchev–Trinajstić information content (AvgIpc) is 2.71. The van der Waals surface area contributed by atoms with E-state index in [-0.39, 0.29) is 0 Å². The summed E-state index contributed by atoms with van der Waals surface area (Å²) < 4.78 is 6.06. The number of piperazine rings is 1. The molecule has 0 radical (unpaired) electrons. The van der Waals surface area contributed by atoms with Crippen LogP contribution in [0, 0.1) is 13.8 Å². The van der Waals surface area contributed by atoms with Crippen LogP contribution < -0.4 is 0 Å². The van der Waals surface area contributed by atoms with Crippen molar-refractivity contribution in [2.24, 2.45) is 0 Å². The Balaban J connectivity index is 1.82. The van der Waals surface area contributed by atoms with Crippen LogP contribution in [0.15, 0.2) is 22.6 Å². The SMILES string of the molecule is Cc1ccc2oc(CN3CCN(C)[C@H](C)C3)c(C)c2c1. The highest BCUT2D eigenvalue weighted by atomic mass is 16.3. The summed E-state index contributed by atoms with van der Waals surface area (Å²) in [5, 5.41) is 1.27. The van der Waals surface area contributed by atoms with E-state index in [0.717, 1.165) is 37.5 Å². The van der Waals surface area contributed by atoms with Gasteiger partial charge in [-0.05, 0) is 45.5 Å². The topological polar surface area (TPSA) is 19.6 Å². The zero-order valence-corrected chi connectivity index (χ0v) is 12.9. The van der Waals surface area contributed by atoms with Gasteiger partial charge in [-0.15, -0.1) is 0 Å². The fraction of sp³-hybridized carbons (Fsp3) is 0.529. The van der Waals surface area contributed by atoms with Gasteiger partial charge in [0.25, 0.3) is 0 Å². The predicted octanol–water partition coefficient (Wildman–Crippen LogP) is 3.19. The summed E-state index contributed by atoms with van der Waals surface area (Å²) >= 11 is 0. The van der Waals surface area contributed by atoms with Gasteiger partial charge in [0.15, 0.2) is 0 Å². The van der Waals surface area contributed by atoms with Crippen LogP contribution in [-0.4, -0.2) is 42.5 Å². The molecule has 0 N–H and O–H groups in total. The summed E-state index contributed by atoms with van der Waals surface area (Å²) in [4.78, 5) is 4.92. The van der Waals surface area contributed by atoms with E-state index in [4.69, 9.17) is 4.42 Å². The molecule has 1 aliphatic rings. The van der Waals surface area contributed by atoms with Crippen LogP contribution in [0.4, 0.5) is 0 Å². The van der Waals surface area contributed by atoms with E-state index in [1.807, 2.05) is 0 Å². The molecule has 3 rings (SSSR count). The Morgan fingerprint density at radius 2 is 2.05 bits per heavy atom. The van der Waals surface area contributed by atoms with E-state index in [9.17, 15) is 0 Å². The first-order valence-corrected chi connectivity index (χ1v) is 7.46. The molecule has 1 aliphatic heterocycles. The summed E-state index contributed by atoms with van der Waals surface area (Å²) in [6, 6.07) is 7.06. The number of likely N-dealkylation sites (N-methyl/N-ethyl adjacent to an activating group) is 1. The van der Waals surface area contributed by atoms with Gasteiger partial charge in [0.2, 0.25) is 0 Å². The van der Waals surface area contributed by atoms with Crippen LogP contribution in [-0.2, 0) is 6.54 Å². The molecular weight excluding hydrogens is 248 g/mol. The van der Waals surface area contributed by atoms with Gasteiger partial charge in [-0.25, -0.2) is 0 Å². The second-order valence-electron chi connectivity index (χ2n) is 6.21. The summed E-state index contributed by atoms with van der Waals surface area (Å²) in [5.41, 5.74) is 3.61. The van der Waals surface area contributed by atoms with Crippen LogP contribution in [0.5, 0.6) is 0 Å². The number of nitrogens with zero attached hydrogens (tertiary/aromatic N) is 2. The van der Waals surface area contributed by atoms with Gasteiger partial charge in [0.05, 0.1) is 6.54 Å². The molecule has 20 heavy (non-hydrogen) atoms. The Morgan fingerprint density at radius 3 is 2.80 bits per heavy atom. The largest absolute Gasteiger partial charge is 0.459 e. The van der Waals surface area contributed by atoms with Crippen molar-refractivity contribution in [1.82, 2.24) is 9.80 Å². The minimum absolute atomic E-state index is 0.621. The van der Waals surface area contributed by atoms with E-state index in [1.54, 1.807) is 0 Å². The monoisotopic (exact) mass is 272 g/mol. The van der Waals surface area contributed by atoms with E-state index >= 15 is 0 Å².